The summed E-state index contributed by atoms with van der Waals surface area (Å²) in [5, 5.41) is 4.96. The van der Waals surface area contributed by atoms with Crippen molar-refractivity contribution in [2.45, 2.75) is 25.5 Å². The third-order valence-electron chi connectivity index (χ3n) is 9.49. The number of anilines is 2. The zero-order chi connectivity index (χ0) is 34.3. The molecule has 2 saturated heterocycles. The normalized spacial score (nSPS) is 15.6. The Labute approximate surface area is 291 Å². The fraction of sp³-hybridized carbons (Fsp3) is 0.308. The van der Waals surface area contributed by atoms with Crippen LogP contribution in [0.25, 0.3) is 21.8 Å². The molecule has 50 heavy (non-hydrogen) atoms. The van der Waals surface area contributed by atoms with Gasteiger partial charge in [-0.1, -0.05) is 66.7 Å². The maximum absolute atomic E-state index is 13.9. The number of fused-ring (bicyclic) bond motifs is 2. The van der Waals surface area contributed by atoms with Crippen molar-refractivity contribution in [3.8, 4) is 0 Å². The Morgan fingerprint density at radius 1 is 0.620 bits per heavy atom. The van der Waals surface area contributed by atoms with Gasteiger partial charge in [-0.3, -0.25) is 9.59 Å². The summed E-state index contributed by atoms with van der Waals surface area (Å²) in [4.78, 5) is 57.8. The van der Waals surface area contributed by atoms with E-state index >= 15 is 0 Å². The molecule has 4 heterocycles. The minimum absolute atomic E-state index is 0.0411. The Morgan fingerprint density at radius 3 is 1.72 bits per heavy atom. The summed E-state index contributed by atoms with van der Waals surface area (Å²) in [6.07, 6.45) is -0.378. The first-order valence-corrected chi connectivity index (χ1v) is 17.3. The third-order valence-corrected chi connectivity index (χ3v) is 9.49. The number of ether oxygens (including phenoxy) is 1. The molecule has 11 nitrogen and oxygen atoms in total. The molecule has 2 fully saturated rings. The molecular weight excluding hydrogens is 630 g/mol. The Bertz CT molecular complexity index is 1960. The molecule has 3 amide bonds. The Hall–Kier alpha value is -5.71. The summed E-state index contributed by atoms with van der Waals surface area (Å²) < 4.78 is 5.47. The number of amides is 3. The highest BCUT2D eigenvalue weighted by Crippen LogP contribution is 2.22. The van der Waals surface area contributed by atoms with Crippen molar-refractivity contribution in [2.24, 2.45) is 0 Å². The number of hydrogen-bond donors (Lipinski definition) is 1. The lowest BCUT2D eigenvalue weighted by Gasteiger charge is -2.37. The summed E-state index contributed by atoms with van der Waals surface area (Å²) in [7, 11) is 0. The van der Waals surface area contributed by atoms with Gasteiger partial charge in [0.1, 0.15) is 24.3 Å². The van der Waals surface area contributed by atoms with E-state index < -0.39 is 12.1 Å². The van der Waals surface area contributed by atoms with Gasteiger partial charge in [-0.05, 0) is 48.4 Å². The van der Waals surface area contributed by atoms with Crippen molar-refractivity contribution in [3.63, 3.8) is 0 Å². The second kappa shape index (κ2) is 15.2. The minimum Gasteiger partial charge on any atom is -0.445 e. The van der Waals surface area contributed by atoms with Crippen LogP contribution in [0.2, 0.25) is 0 Å². The van der Waals surface area contributed by atoms with E-state index in [0.29, 0.717) is 52.4 Å². The molecule has 0 bridgehead atoms. The largest absolute Gasteiger partial charge is 0.445 e. The van der Waals surface area contributed by atoms with E-state index in [1.165, 1.54) is 0 Å². The van der Waals surface area contributed by atoms with Gasteiger partial charge in [0.25, 0.3) is 0 Å². The predicted octanol–water partition coefficient (Wildman–Crippen LogP) is 4.86. The van der Waals surface area contributed by atoms with Crippen molar-refractivity contribution in [1.29, 1.82) is 0 Å². The number of alkyl carbamates (subject to hydrolysis) is 1. The number of aromatic nitrogens is 2. The highest BCUT2D eigenvalue weighted by atomic mass is 16.5. The van der Waals surface area contributed by atoms with Gasteiger partial charge in [0.15, 0.2) is 0 Å². The van der Waals surface area contributed by atoms with Crippen molar-refractivity contribution in [1.82, 2.24) is 25.1 Å². The van der Waals surface area contributed by atoms with E-state index in [1.54, 1.807) is 4.90 Å². The van der Waals surface area contributed by atoms with Gasteiger partial charge < -0.3 is 29.7 Å². The van der Waals surface area contributed by atoms with E-state index in [4.69, 9.17) is 14.7 Å². The van der Waals surface area contributed by atoms with Crippen molar-refractivity contribution >= 4 is 51.3 Å². The number of hydrogen-bond acceptors (Lipinski definition) is 8. The zero-order valence-electron chi connectivity index (χ0n) is 28.0. The number of rotatable bonds is 9. The van der Waals surface area contributed by atoms with Crippen LogP contribution in [0.15, 0.2) is 103 Å². The SMILES string of the molecule is O=C(NC(CCC(=O)N1CCN(c2ccc3ccccc3n2)CC1)C(=O)N1CCN(c2ccc3ccccc3n2)CC1)OCc1ccccc1. The fourth-order valence-corrected chi connectivity index (χ4v) is 6.61. The molecule has 11 heteroatoms. The molecule has 0 spiro atoms. The van der Waals surface area contributed by atoms with Gasteiger partial charge in [0.05, 0.1) is 11.0 Å². The molecule has 1 atom stereocenters. The van der Waals surface area contributed by atoms with Crippen molar-refractivity contribution < 1.29 is 19.1 Å². The Morgan fingerprint density at radius 2 is 1.14 bits per heavy atom. The van der Waals surface area contributed by atoms with Crippen molar-refractivity contribution in [3.05, 3.63) is 109 Å². The number of carbonyl (C=O) groups is 3. The van der Waals surface area contributed by atoms with Gasteiger partial charge in [-0.25, -0.2) is 14.8 Å². The van der Waals surface area contributed by atoms with E-state index in [2.05, 4.69) is 27.2 Å². The number of para-hydroxylation sites is 2. The molecule has 7 rings (SSSR count). The lowest BCUT2D eigenvalue weighted by atomic mass is 10.1. The average molecular weight is 672 g/mol. The highest BCUT2D eigenvalue weighted by molar-refractivity contribution is 5.87. The molecule has 1 N–H and O–H groups in total. The number of pyridine rings is 2. The van der Waals surface area contributed by atoms with Crippen LogP contribution in [-0.4, -0.2) is 96.1 Å². The maximum Gasteiger partial charge on any atom is 0.408 e. The summed E-state index contributed by atoms with van der Waals surface area (Å²) in [5.74, 6) is 1.52. The average Bonchev–Trinajstić information content (AvgIpc) is 3.18. The van der Waals surface area contributed by atoms with Crippen LogP contribution < -0.4 is 15.1 Å². The van der Waals surface area contributed by atoms with Crippen LogP contribution in [0.4, 0.5) is 16.4 Å². The number of nitrogens with one attached hydrogen (secondary N) is 1. The summed E-state index contributed by atoms with van der Waals surface area (Å²) in [6, 6.07) is 32.7. The smallest absolute Gasteiger partial charge is 0.408 e. The van der Waals surface area contributed by atoms with Gasteiger partial charge in [-0.2, -0.15) is 0 Å². The highest BCUT2D eigenvalue weighted by Gasteiger charge is 2.31. The molecule has 0 aliphatic carbocycles. The molecule has 1 unspecified atom stereocenters. The van der Waals surface area contributed by atoms with Crippen molar-refractivity contribution in [2.75, 3.05) is 62.2 Å². The van der Waals surface area contributed by atoms with E-state index in [-0.39, 0.29) is 31.3 Å². The quantitative estimate of drug-likeness (QED) is 0.237. The number of benzene rings is 3. The van der Waals surface area contributed by atoms with Gasteiger partial charge in [0, 0.05) is 69.6 Å². The topological polar surface area (TPSA) is 111 Å². The number of carbonyl (C=O) groups excluding carboxylic acids is 3. The van der Waals surface area contributed by atoms with Crippen LogP contribution in [0, 0.1) is 0 Å². The third kappa shape index (κ3) is 7.78. The van der Waals surface area contributed by atoms with Crippen LogP contribution in [0.1, 0.15) is 18.4 Å². The first-order valence-electron chi connectivity index (χ1n) is 17.3. The monoisotopic (exact) mass is 671 g/mol. The molecule has 5 aromatic rings. The lowest BCUT2D eigenvalue weighted by Crippen LogP contribution is -2.55. The molecule has 2 aliphatic rings. The van der Waals surface area contributed by atoms with Crippen LogP contribution in [0.5, 0.6) is 0 Å². The second-order valence-corrected chi connectivity index (χ2v) is 12.7. The first-order chi connectivity index (χ1) is 24.5. The Balaban J connectivity index is 0.956. The zero-order valence-corrected chi connectivity index (χ0v) is 28.0. The summed E-state index contributed by atoms with van der Waals surface area (Å²) in [5.41, 5.74) is 2.72. The second-order valence-electron chi connectivity index (χ2n) is 12.7. The van der Waals surface area contributed by atoms with Crippen LogP contribution >= 0.6 is 0 Å². The van der Waals surface area contributed by atoms with Crippen LogP contribution in [0.3, 0.4) is 0 Å². The summed E-state index contributed by atoms with van der Waals surface area (Å²) >= 11 is 0. The molecule has 256 valence electrons. The maximum atomic E-state index is 13.9. The summed E-state index contributed by atoms with van der Waals surface area (Å²) in [6.45, 7) is 4.70. The predicted molar refractivity (Wildman–Crippen MR) is 194 cm³/mol. The standard InChI is InChI=1S/C39H41N7O4/c47-37(45-24-20-43(21-25-45)35-17-14-30-10-4-6-12-32(30)40-35)19-16-34(42-39(49)50-28-29-8-2-1-3-9-29)38(48)46-26-22-44(23-27-46)36-18-15-31-11-5-7-13-33(31)41-36/h1-15,17-18,34H,16,19-28H2,(H,42,49). The molecular formula is C39H41N7O4. The Kier molecular flexibility index (Phi) is 10.00. The van der Waals surface area contributed by atoms with Gasteiger partial charge >= 0.3 is 6.09 Å². The van der Waals surface area contributed by atoms with E-state index in [1.807, 2.05) is 95.9 Å². The van der Waals surface area contributed by atoms with E-state index in [9.17, 15) is 14.4 Å². The number of piperazine rings is 2. The fourth-order valence-electron chi connectivity index (χ4n) is 6.61. The van der Waals surface area contributed by atoms with E-state index in [0.717, 1.165) is 39.0 Å². The number of nitrogens with zero attached hydrogens (tertiary/aromatic N) is 6. The first kappa shape index (κ1) is 32.8. The van der Waals surface area contributed by atoms with Gasteiger partial charge in [0.2, 0.25) is 11.8 Å². The molecule has 2 aromatic heterocycles. The van der Waals surface area contributed by atoms with Gasteiger partial charge in [-0.15, -0.1) is 0 Å². The molecule has 2 aliphatic heterocycles. The lowest BCUT2D eigenvalue weighted by molar-refractivity contribution is -0.135. The van der Waals surface area contributed by atoms with Crippen LogP contribution in [-0.2, 0) is 20.9 Å². The molecule has 0 radical (unpaired) electrons. The molecule has 3 aromatic carbocycles. The molecule has 0 saturated carbocycles. The minimum atomic E-state index is -0.893.